The number of aryl methyl sites for hydroxylation is 2. The van der Waals surface area contributed by atoms with Crippen LogP contribution >= 0.6 is 11.6 Å². The van der Waals surface area contributed by atoms with Gasteiger partial charge in [-0.15, -0.1) is 0 Å². The van der Waals surface area contributed by atoms with Crippen molar-refractivity contribution in [2.75, 3.05) is 5.32 Å². The summed E-state index contributed by atoms with van der Waals surface area (Å²) in [5.74, 6) is -0.212. The fourth-order valence-corrected chi connectivity index (χ4v) is 6.11. The van der Waals surface area contributed by atoms with Crippen LogP contribution < -0.4 is 10.9 Å². The molecule has 4 aromatic rings. The number of benzene rings is 1. The van der Waals surface area contributed by atoms with Crippen LogP contribution in [-0.2, 0) is 10.4 Å². The highest BCUT2D eigenvalue weighted by Crippen LogP contribution is 2.61. The fourth-order valence-electron chi connectivity index (χ4n) is 5.84. The van der Waals surface area contributed by atoms with E-state index in [0.717, 1.165) is 29.5 Å². The third-order valence-corrected chi connectivity index (χ3v) is 8.84. The molecule has 0 spiro atoms. The minimum atomic E-state index is -1.22. The van der Waals surface area contributed by atoms with Crippen LogP contribution in [0, 0.1) is 31.5 Å². The molecule has 2 aliphatic carbocycles. The average Bonchev–Trinajstić information content (AvgIpc) is 3.89. The molecule has 2 aliphatic rings. The number of carbonyl (C=O) groups is 1. The lowest BCUT2D eigenvalue weighted by atomic mass is 10.0. The number of hydrogen-bond acceptors (Lipinski definition) is 6. The number of halogens is 2. The Morgan fingerprint density at radius 1 is 1.09 bits per heavy atom. The molecular weight excluding hydrogens is 569 g/mol. The maximum atomic E-state index is 14.5. The Hall–Kier alpha value is -3.95. The molecule has 0 radical (unpaired) electrons. The highest BCUT2D eigenvalue weighted by Gasteiger charge is 2.50. The summed E-state index contributed by atoms with van der Waals surface area (Å²) in [5.41, 5.74) is 3.42. The molecule has 6 rings (SSSR count). The SMILES string of the molecule is Cc1cnc(-c2ccnc(C(C)(C)O)n2)cc1-n1c(C)cc(C2C(C)C2c2ccc(F)c(NC(=O)C3CC3)c2)c(Cl)c1=O. The average molecular weight is 602 g/mol. The zero-order valence-electron chi connectivity index (χ0n) is 24.7. The second-order valence-electron chi connectivity index (χ2n) is 12.3. The van der Waals surface area contributed by atoms with Crippen molar-refractivity contribution in [3.63, 3.8) is 0 Å². The van der Waals surface area contributed by atoms with Gasteiger partial charge in [0.25, 0.3) is 5.56 Å². The molecular formula is C33H33ClFN5O3. The number of rotatable bonds is 7. The van der Waals surface area contributed by atoms with Crippen molar-refractivity contribution in [2.45, 2.75) is 64.9 Å². The van der Waals surface area contributed by atoms with Gasteiger partial charge in [0.2, 0.25) is 5.91 Å². The van der Waals surface area contributed by atoms with E-state index in [4.69, 9.17) is 11.6 Å². The van der Waals surface area contributed by atoms with E-state index in [2.05, 4.69) is 27.2 Å². The minimum Gasteiger partial charge on any atom is -0.382 e. The van der Waals surface area contributed by atoms with Gasteiger partial charge >= 0.3 is 0 Å². The molecule has 3 atom stereocenters. The molecule has 0 bridgehead atoms. The van der Waals surface area contributed by atoms with Gasteiger partial charge in [0.05, 0.1) is 22.8 Å². The molecule has 0 aliphatic heterocycles. The van der Waals surface area contributed by atoms with Gasteiger partial charge in [-0.25, -0.2) is 14.4 Å². The molecule has 222 valence electrons. The van der Waals surface area contributed by atoms with Gasteiger partial charge in [-0.3, -0.25) is 19.1 Å². The first-order chi connectivity index (χ1) is 20.3. The summed E-state index contributed by atoms with van der Waals surface area (Å²) in [5, 5.41) is 13.2. The second-order valence-corrected chi connectivity index (χ2v) is 12.7. The van der Waals surface area contributed by atoms with Crippen LogP contribution in [0.4, 0.5) is 10.1 Å². The first kappa shape index (κ1) is 29.1. The summed E-state index contributed by atoms with van der Waals surface area (Å²) in [6.07, 6.45) is 4.92. The monoisotopic (exact) mass is 601 g/mol. The van der Waals surface area contributed by atoms with Gasteiger partial charge in [-0.2, -0.15) is 0 Å². The normalized spacial score (nSPS) is 19.8. The van der Waals surface area contributed by atoms with Gasteiger partial charge in [0.1, 0.15) is 16.4 Å². The number of aromatic nitrogens is 4. The van der Waals surface area contributed by atoms with E-state index < -0.39 is 11.4 Å². The largest absolute Gasteiger partial charge is 0.382 e. The predicted octanol–water partition coefficient (Wildman–Crippen LogP) is 6.19. The van der Waals surface area contributed by atoms with Crippen molar-refractivity contribution < 1.29 is 14.3 Å². The summed E-state index contributed by atoms with van der Waals surface area (Å²) in [7, 11) is 0. The summed E-state index contributed by atoms with van der Waals surface area (Å²) >= 11 is 6.81. The lowest BCUT2D eigenvalue weighted by Crippen LogP contribution is -2.23. The molecule has 3 unspecified atom stereocenters. The van der Waals surface area contributed by atoms with Crippen LogP contribution in [0.25, 0.3) is 17.1 Å². The van der Waals surface area contributed by atoms with Crippen LogP contribution in [0.3, 0.4) is 0 Å². The Labute approximate surface area is 254 Å². The van der Waals surface area contributed by atoms with Gasteiger partial charge in [-0.05, 0) is 105 Å². The van der Waals surface area contributed by atoms with Gasteiger partial charge in [-0.1, -0.05) is 24.6 Å². The van der Waals surface area contributed by atoms with Crippen molar-refractivity contribution >= 4 is 23.2 Å². The smallest absolute Gasteiger partial charge is 0.274 e. The number of carbonyl (C=O) groups excluding carboxylic acids is 1. The van der Waals surface area contributed by atoms with Gasteiger partial charge < -0.3 is 10.4 Å². The van der Waals surface area contributed by atoms with Crippen molar-refractivity contribution in [3.05, 3.63) is 98.2 Å². The van der Waals surface area contributed by atoms with Crippen molar-refractivity contribution in [1.82, 2.24) is 19.5 Å². The van der Waals surface area contributed by atoms with Crippen LogP contribution in [0.15, 0.2) is 53.6 Å². The van der Waals surface area contributed by atoms with Crippen molar-refractivity contribution in [3.8, 4) is 17.1 Å². The highest BCUT2D eigenvalue weighted by molar-refractivity contribution is 6.31. The molecule has 3 heterocycles. The van der Waals surface area contributed by atoms with Crippen LogP contribution in [0.5, 0.6) is 0 Å². The number of anilines is 1. The third kappa shape index (κ3) is 5.47. The minimum absolute atomic E-state index is 0.0265. The highest BCUT2D eigenvalue weighted by atomic mass is 35.5. The number of aliphatic hydroxyl groups is 1. The van der Waals surface area contributed by atoms with E-state index in [1.165, 1.54) is 6.07 Å². The third-order valence-electron chi connectivity index (χ3n) is 8.46. The van der Waals surface area contributed by atoms with E-state index in [9.17, 15) is 19.1 Å². The van der Waals surface area contributed by atoms with Gasteiger partial charge in [0, 0.05) is 24.0 Å². The number of hydrogen-bond donors (Lipinski definition) is 2. The topological polar surface area (TPSA) is 110 Å². The molecule has 2 fully saturated rings. The van der Waals surface area contributed by atoms with E-state index in [1.807, 2.05) is 19.9 Å². The summed E-state index contributed by atoms with van der Waals surface area (Å²) < 4.78 is 16.1. The zero-order chi connectivity index (χ0) is 30.8. The van der Waals surface area contributed by atoms with E-state index in [1.54, 1.807) is 55.1 Å². The number of nitrogens with zero attached hydrogens (tertiary/aromatic N) is 4. The molecule has 1 aromatic carbocycles. The van der Waals surface area contributed by atoms with Crippen LogP contribution in [0.1, 0.15) is 73.7 Å². The summed E-state index contributed by atoms with van der Waals surface area (Å²) in [6, 6.07) is 10.3. The Morgan fingerprint density at radius 2 is 1.84 bits per heavy atom. The molecule has 10 heteroatoms. The van der Waals surface area contributed by atoms with Crippen LogP contribution in [0.2, 0.25) is 5.02 Å². The zero-order valence-corrected chi connectivity index (χ0v) is 25.4. The second kappa shape index (κ2) is 10.6. The fraction of sp³-hybridized carbons (Fsp3) is 0.364. The maximum Gasteiger partial charge on any atom is 0.274 e. The summed E-state index contributed by atoms with van der Waals surface area (Å²) in [4.78, 5) is 39.3. The molecule has 8 nitrogen and oxygen atoms in total. The quantitative estimate of drug-likeness (QED) is 0.261. The lowest BCUT2D eigenvalue weighted by molar-refractivity contribution is -0.117. The Morgan fingerprint density at radius 3 is 2.53 bits per heavy atom. The Bertz CT molecular complexity index is 1830. The predicted molar refractivity (Wildman–Crippen MR) is 163 cm³/mol. The first-order valence-corrected chi connectivity index (χ1v) is 14.8. The number of amides is 1. The lowest BCUT2D eigenvalue weighted by Gasteiger charge is -2.18. The number of pyridine rings is 2. The molecule has 1 amide bonds. The molecule has 43 heavy (non-hydrogen) atoms. The Balaban J connectivity index is 1.33. The maximum absolute atomic E-state index is 14.5. The van der Waals surface area contributed by atoms with Crippen molar-refractivity contribution in [2.24, 2.45) is 11.8 Å². The first-order valence-electron chi connectivity index (χ1n) is 14.4. The van der Waals surface area contributed by atoms with Crippen molar-refractivity contribution in [1.29, 1.82) is 0 Å². The van der Waals surface area contributed by atoms with Crippen LogP contribution in [-0.4, -0.2) is 30.5 Å². The molecule has 0 saturated heterocycles. The summed E-state index contributed by atoms with van der Waals surface area (Å²) in [6.45, 7) is 9.04. The van der Waals surface area contributed by atoms with E-state index >= 15 is 0 Å². The van der Waals surface area contributed by atoms with E-state index in [-0.39, 0.29) is 51.7 Å². The van der Waals surface area contributed by atoms with E-state index in [0.29, 0.717) is 22.8 Å². The van der Waals surface area contributed by atoms with Gasteiger partial charge in [0.15, 0.2) is 5.82 Å². The molecule has 3 aromatic heterocycles. The number of nitrogens with one attached hydrogen (secondary N) is 1. The molecule has 2 saturated carbocycles. The molecule has 2 N–H and O–H groups in total. The standard InChI is InChI=1S/C33H33ClFN5O3/c1-16-15-37-25(23-10-11-36-32(39-23)33(4,5)43)14-26(16)40-17(2)12-21(29(34)31(40)42)28-18(3)27(28)20-8-9-22(35)24(13-20)38-30(41)19-6-7-19/h8-15,18-19,27-28,43H,6-7H2,1-5H3,(H,38,41). The Kier molecular flexibility index (Phi) is 7.21.